The van der Waals surface area contributed by atoms with Crippen LogP contribution in [0.25, 0.3) is 6.08 Å². The maximum atomic E-state index is 9.48. The Morgan fingerprint density at radius 3 is 2.88 bits per heavy atom. The van der Waals surface area contributed by atoms with Crippen molar-refractivity contribution in [3.8, 4) is 11.5 Å². The summed E-state index contributed by atoms with van der Waals surface area (Å²) in [4.78, 5) is 2.36. The number of fused-ring (bicyclic) bond motifs is 1. The van der Waals surface area contributed by atoms with Gasteiger partial charge in [-0.05, 0) is 69.1 Å². The molecular weight excluding hydrogens is 316 g/mol. The van der Waals surface area contributed by atoms with Crippen molar-refractivity contribution in [1.82, 2.24) is 10.2 Å². The van der Waals surface area contributed by atoms with Gasteiger partial charge in [-0.25, -0.2) is 0 Å². The normalized spacial score (nSPS) is 19.7. The van der Waals surface area contributed by atoms with E-state index in [-0.39, 0.29) is 6.10 Å². The molecule has 25 heavy (non-hydrogen) atoms. The largest absolute Gasteiger partial charge is 0.497 e. The maximum Gasteiger partial charge on any atom is 0.130 e. The zero-order valence-corrected chi connectivity index (χ0v) is 15.3. The number of β-amino-alcohol motifs (C(OH)–C–C–N with tert-alkyl or cyclic N) is 1. The number of benzene rings is 1. The van der Waals surface area contributed by atoms with Crippen LogP contribution in [0.5, 0.6) is 11.5 Å². The number of methoxy groups -OCH3 is 1. The van der Waals surface area contributed by atoms with Crippen molar-refractivity contribution in [1.29, 1.82) is 0 Å². The molecule has 0 spiro atoms. The molecule has 1 fully saturated rings. The van der Waals surface area contributed by atoms with E-state index >= 15 is 0 Å². The van der Waals surface area contributed by atoms with Crippen molar-refractivity contribution in [2.24, 2.45) is 5.92 Å². The van der Waals surface area contributed by atoms with Crippen molar-refractivity contribution in [2.45, 2.75) is 25.9 Å². The Bertz CT molecular complexity index is 593. The summed E-state index contributed by atoms with van der Waals surface area (Å²) in [5, 5.41) is 13.1. The number of rotatable bonds is 7. The number of nitrogens with one attached hydrogen (secondary N) is 1. The summed E-state index contributed by atoms with van der Waals surface area (Å²) in [6.07, 6.45) is 4.41. The Morgan fingerprint density at radius 2 is 2.16 bits per heavy atom. The molecule has 0 aliphatic carbocycles. The van der Waals surface area contributed by atoms with E-state index in [4.69, 9.17) is 9.47 Å². The van der Waals surface area contributed by atoms with Crippen LogP contribution in [0.1, 0.15) is 25.3 Å². The first-order valence-electron chi connectivity index (χ1n) is 9.25. The summed E-state index contributed by atoms with van der Waals surface area (Å²) in [7, 11) is 1.67. The van der Waals surface area contributed by atoms with Crippen LogP contribution in [0.4, 0.5) is 0 Å². The highest BCUT2D eigenvalue weighted by Crippen LogP contribution is 2.30. The van der Waals surface area contributed by atoms with Gasteiger partial charge in [-0.15, -0.1) is 0 Å². The lowest BCUT2D eigenvalue weighted by molar-refractivity contribution is 0.1000. The van der Waals surface area contributed by atoms with Gasteiger partial charge < -0.3 is 24.8 Å². The zero-order valence-electron chi connectivity index (χ0n) is 15.3. The van der Waals surface area contributed by atoms with Gasteiger partial charge in [-0.3, -0.25) is 0 Å². The number of aliphatic hydroxyl groups excluding tert-OH is 1. The van der Waals surface area contributed by atoms with E-state index in [0.717, 1.165) is 55.7 Å². The van der Waals surface area contributed by atoms with E-state index in [1.165, 1.54) is 18.4 Å². The fraction of sp³-hybridized carbons (Fsp3) is 0.600. The van der Waals surface area contributed by atoms with Crippen LogP contribution in [-0.4, -0.2) is 62.6 Å². The number of hydrogen-bond acceptors (Lipinski definition) is 5. The summed E-state index contributed by atoms with van der Waals surface area (Å²) < 4.78 is 11.1. The molecule has 0 amide bonds. The Kier molecular flexibility index (Phi) is 6.34. The van der Waals surface area contributed by atoms with Crippen molar-refractivity contribution in [2.75, 3.05) is 46.4 Å². The molecule has 0 radical (unpaired) electrons. The number of aliphatic hydroxyl groups is 1. The Hall–Kier alpha value is -1.56. The fourth-order valence-corrected chi connectivity index (χ4v) is 3.60. The van der Waals surface area contributed by atoms with Gasteiger partial charge in [0.2, 0.25) is 0 Å². The van der Waals surface area contributed by atoms with Crippen LogP contribution in [0.15, 0.2) is 23.8 Å². The molecule has 1 aromatic carbocycles. The molecule has 138 valence electrons. The van der Waals surface area contributed by atoms with Gasteiger partial charge in [-0.1, -0.05) is 0 Å². The molecule has 2 heterocycles. The van der Waals surface area contributed by atoms with E-state index in [1.807, 2.05) is 25.1 Å². The molecule has 1 aromatic rings. The highest BCUT2D eigenvalue weighted by Gasteiger charge is 2.20. The highest BCUT2D eigenvalue weighted by molar-refractivity contribution is 5.63. The highest BCUT2D eigenvalue weighted by atomic mass is 16.5. The molecule has 0 saturated carbocycles. The van der Waals surface area contributed by atoms with Crippen molar-refractivity contribution in [3.05, 3.63) is 29.3 Å². The Balaban J connectivity index is 1.42. The van der Waals surface area contributed by atoms with Crippen LogP contribution >= 0.6 is 0 Å². The summed E-state index contributed by atoms with van der Waals surface area (Å²) >= 11 is 0. The standard InChI is InChI=1S/C20H30N2O3/c1-15(23)13-22-7-5-16(6-8-22)11-21-12-17-9-18-3-4-19(24-2)10-20(18)25-14-17/h3-4,9-10,15-16,21,23H,5-8,11-14H2,1-2H3. The molecule has 1 atom stereocenters. The van der Waals surface area contributed by atoms with Crippen molar-refractivity contribution < 1.29 is 14.6 Å². The second-order valence-corrected chi connectivity index (χ2v) is 7.22. The van der Waals surface area contributed by atoms with Gasteiger partial charge in [-0.2, -0.15) is 0 Å². The van der Waals surface area contributed by atoms with E-state index in [0.29, 0.717) is 6.61 Å². The third kappa shape index (κ3) is 5.21. The summed E-state index contributed by atoms with van der Waals surface area (Å²) in [5.41, 5.74) is 2.40. The second kappa shape index (κ2) is 8.70. The predicted molar refractivity (Wildman–Crippen MR) is 100 cm³/mol. The van der Waals surface area contributed by atoms with E-state index in [9.17, 15) is 5.11 Å². The van der Waals surface area contributed by atoms with Crippen LogP contribution in [-0.2, 0) is 0 Å². The molecule has 2 N–H and O–H groups in total. The van der Waals surface area contributed by atoms with Gasteiger partial charge in [0.1, 0.15) is 18.1 Å². The molecular formula is C20H30N2O3. The first kappa shape index (κ1) is 18.2. The maximum absolute atomic E-state index is 9.48. The predicted octanol–water partition coefficient (Wildman–Crippen LogP) is 2.15. The monoisotopic (exact) mass is 346 g/mol. The quantitative estimate of drug-likeness (QED) is 0.792. The molecule has 1 saturated heterocycles. The number of ether oxygens (including phenoxy) is 2. The minimum Gasteiger partial charge on any atom is -0.497 e. The number of likely N-dealkylation sites (tertiary alicyclic amines) is 1. The Morgan fingerprint density at radius 1 is 1.36 bits per heavy atom. The van der Waals surface area contributed by atoms with E-state index in [2.05, 4.69) is 16.3 Å². The average Bonchev–Trinajstić information content (AvgIpc) is 2.62. The van der Waals surface area contributed by atoms with Crippen LogP contribution < -0.4 is 14.8 Å². The molecule has 1 unspecified atom stereocenters. The van der Waals surface area contributed by atoms with E-state index < -0.39 is 0 Å². The van der Waals surface area contributed by atoms with Crippen LogP contribution in [0, 0.1) is 5.92 Å². The first-order chi connectivity index (χ1) is 12.1. The Labute approximate surface area is 150 Å². The zero-order chi connectivity index (χ0) is 17.6. The third-order valence-corrected chi connectivity index (χ3v) is 5.01. The number of nitrogens with zero attached hydrogens (tertiary/aromatic N) is 1. The number of piperidine rings is 1. The molecule has 2 aliphatic heterocycles. The average molecular weight is 346 g/mol. The molecule has 0 bridgehead atoms. The molecule has 2 aliphatic rings. The minimum atomic E-state index is -0.226. The van der Waals surface area contributed by atoms with Gasteiger partial charge in [0, 0.05) is 24.7 Å². The fourth-order valence-electron chi connectivity index (χ4n) is 3.60. The molecule has 5 nitrogen and oxygen atoms in total. The van der Waals surface area contributed by atoms with Crippen molar-refractivity contribution in [3.63, 3.8) is 0 Å². The molecule has 0 aromatic heterocycles. The summed E-state index contributed by atoms with van der Waals surface area (Å²) in [6, 6.07) is 5.96. The van der Waals surface area contributed by atoms with Crippen molar-refractivity contribution >= 4 is 6.08 Å². The van der Waals surface area contributed by atoms with Gasteiger partial charge >= 0.3 is 0 Å². The molecule has 3 rings (SSSR count). The van der Waals surface area contributed by atoms with Gasteiger partial charge in [0.05, 0.1) is 13.2 Å². The lowest BCUT2D eigenvalue weighted by Gasteiger charge is -2.32. The van der Waals surface area contributed by atoms with Gasteiger partial charge in [0.15, 0.2) is 0 Å². The van der Waals surface area contributed by atoms with Gasteiger partial charge in [0.25, 0.3) is 0 Å². The smallest absolute Gasteiger partial charge is 0.130 e. The minimum absolute atomic E-state index is 0.226. The first-order valence-corrected chi connectivity index (χ1v) is 9.25. The molecule has 5 heteroatoms. The third-order valence-electron chi connectivity index (χ3n) is 5.01. The van der Waals surface area contributed by atoms with Crippen LogP contribution in [0.3, 0.4) is 0 Å². The second-order valence-electron chi connectivity index (χ2n) is 7.22. The summed E-state index contributed by atoms with van der Waals surface area (Å²) in [6.45, 7) is 7.42. The number of hydrogen-bond donors (Lipinski definition) is 2. The lowest BCUT2D eigenvalue weighted by atomic mass is 9.96. The topological polar surface area (TPSA) is 54.0 Å². The SMILES string of the molecule is COc1ccc2c(c1)OCC(CNCC1CCN(CC(C)O)CC1)=C2. The van der Waals surface area contributed by atoms with Crippen LogP contribution in [0.2, 0.25) is 0 Å². The lowest BCUT2D eigenvalue weighted by Crippen LogP contribution is -2.40. The van der Waals surface area contributed by atoms with E-state index in [1.54, 1.807) is 7.11 Å². The summed E-state index contributed by atoms with van der Waals surface area (Å²) in [5.74, 6) is 2.45.